The Kier molecular flexibility index (Phi) is 5.30. The SMILES string of the molecule is Cc1cc(CCCCCn2ccn(-c3ccc4oc5ccccc5c4c3)[c]2=[Pt])n[nH]1. The van der Waals surface area contributed by atoms with Crippen LogP contribution in [-0.2, 0) is 32.3 Å². The number of nitrogens with one attached hydrogen (secondary N) is 1. The van der Waals surface area contributed by atoms with Crippen molar-refractivity contribution in [2.24, 2.45) is 0 Å². The van der Waals surface area contributed by atoms with E-state index in [1.807, 2.05) is 19.1 Å². The van der Waals surface area contributed by atoms with Crippen molar-refractivity contribution in [1.82, 2.24) is 19.3 Å². The van der Waals surface area contributed by atoms with Gasteiger partial charge in [0.1, 0.15) is 0 Å². The first kappa shape index (κ1) is 19.3. The van der Waals surface area contributed by atoms with E-state index in [2.05, 4.69) is 87.5 Å². The molecule has 6 heteroatoms. The molecule has 0 aliphatic heterocycles. The van der Waals surface area contributed by atoms with Crippen LogP contribution in [0.25, 0.3) is 27.6 Å². The predicted molar refractivity (Wildman–Crippen MR) is 115 cm³/mol. The van der Waals surface area contributed by atoms with Crippen molar-refractivity contribution >= 4 is 21.9 Å². The van der Waals surface area contributed by atoms with E-state index in [0.717, 1.165) is 46.3 Å². The fourth-order valence-corrected chi connectivity index (χ4v) is 4.86. The molecule has 30 heavy (non-hydrogen) atoms. The molecule has 0 saturated heterocycles. The molecule has 156 valence electrons. The van der Waals surface area contributed by atoms with Crippen LogP contribution >= 0.6 is 0 Å². The Morgan fingerprint density at radius 2 is 1.83 bits per heavy atom. The Labute approximate surface area is 185 Å². The number of hydrogen-bond acceptors (Lipinski definition) is 2. The average Bonchev–Trinajstić information content (AvgIpc) is 3.44. The second-order valence-corrected chi connectivity index (χ2v) is 8.75. The summed E-state index contributed by atoms with van der Waals surface area (Å²) in [5.74, 6) is 0. The summed E-state index contributed by atoms with van der Waals surface area (Å²) in [4.78, 5) is 0. The van der Waals surface area contributed by atoms with Crippen LogP contribution in [0.15, 0.2) is 65.3 Å². The molecule has 0 spiro atoms. The van der Waals surface area contributed by atoms with Crippen LogP contribution in [0.3, 0.4) is 0 Å². The molecule has 5 nitrogen and oxygen atoms in total. The van der Waals surface area contributed by atoms with Crippen LogP contribution in [0.2, 0.25) is 0 Å². The number of imidazole rings is 1. The maximum absolute atomic E-state index is 5.97. The van der Waals surface area contributed by atoms with E-state index in [0.29, 0.717) is 0 Å². The molecule has 3 aromatic heterocycles. The number of fused-ring (bicyclic) bond motifs is 3. The number of hydrogen-bond donors (Lipinski definition) is 1. The van der Waals surface area contributed by atoms with E-state index < -0.39 is 0 Å². The van der Waals surface area contributed by atoms with Crippen molar-refractivity contribution in [3.8, 4) is 5.69 Å². The van der Waals surface area contributed by atoms with Gasteiger partial charge in [0.05, 0.1) is 0 Å². The van der Waals surface area contributed by atoms with E-state index in [4.69, 9.17) is 4.42 Å². The monoisotopic (exact) mass is 579 g/mol. The number of rotatable bonds is 7. The molecule has 0 amide bonds. The van der Waals surface area contributed by atoms with Gasteiger partial charge in [-0.2, -0.15) is 0 Å². The molecule has 5 rings (SSSR count). The summed E-state index contributed by atoms with van der Waals surface area (Å²) in [7, 11) is 0. The van der Waals surface area contributed by atoms with Crippen molar-refractivity contribution in [3.63, 3.8) is 0 Å². The summed E-state index contributed by atoms with van der Waals surface area (Å²) in [6.07, 6.45) is 8.92. The van der Waals surface area contributed by atoms with Crippen LogP contribution < -0.4 is 0 Å². The molecule has 0 fully saturated rings. The number of aromatic nitrogens is 4. The molecule has 1 N–H and O–H groups in total. The van der Waals surface area contributed by atoms with Gasteiger partial charge in [-0.05, 0) is 0 Å². The van der Waals surface area contributed by atoms with Gasteiger partial charge in [-0.1, -0.05) is 0 Å². The fourth-order valence-electron chi connectivity index (χ4n) is 3.98. The third-order valence-electron chi connectivity index (χ3n) is 5.53. The van der Waals surface area contributed by atoms with Gasteiger partial charge in [-0.3, -0.25) is 0 Å². The van der Waals surface area contributed by atoms with Crippen LogP contribution in [0.1, 0.15) is 30.7 Å². The van der Waals surface area contributed by atoms with Gasteiger partial charge >= 0.3 is 186 Å². The zero-order chi connectivity index (χ0) is 20.5. The van der Waals surface area contributed by atoms with Crippen molar-refractivity contribution in [1.29, 1.82) is 0 Å². The van der Waals surface area contributed by atoms with Gasteiger partial charge in [0.25, 0.3) is 0 Å². The van der Waals surface area contributed by atoms with Gasteiger partial charge in [0.15, 0.2) is 0 Å². The van der Waals surface area contributed by atoms with Gasteiger partial charge in [0, 0.05) is 0 Å². The summed E-state index contributed by atoms with van der Waals surface area (Å²) in [6.45, 7) is 3.08. The van der Waals surface area contributed by atoms with Crippen LogP contribution in [-0.4, -0.2) is 19.3 Å². The van der Waals surface area contributed by atoms with Gasteiger partial charge < -0.3 is 0 Å². The summed E-state index contributed by atoms with van der Waals surface area (Å²) in [5, 5.41) is 9.66. The third kappa shape index (κ3) is 3.74. The average molecular weight is 580 g/mol. The molecule has 0 unspecified atom stereocenters. The van der Waals surface area contributed by atoms with Crippen molar-refractivity contribution in [2.75, 3.05) is 0 Å². The van der Waals surface area contributed by atoms with Gasteiger partial charge in [-0.15, -0.1) is 0 Å². The predicted octanol–water partition coefficient (Wildman–Crippen LogP) is 5.70. The summed E-state index contributed by atoms with van der Waals surface area (Å²) in [6, 6.07) is 16.8. The molecule has 2 aromatic carbocycles. The minimum absolute atomic E-state index is 0.933. The number of aryl methyl sites for hydroxylation is 3. The molecule has 0 radical (unpaired) electrons. The number of H-pyrrole nitrogens is 1. The zero-order valence-corrected chi connectivity index (χ0v) is 19.1. The molecule has 0 atom stereocenters. The third-order valence-corrected chi connectivity index (χ3v) is 6.73. The molecule has 0 aliphatic rings. The van der Waals surface area contributed by atoms with Crippen molar-refractivity contribution in [2.45, 2.75) is 39.2 Å². The first-order valence-corrected chi connectivity index (χ1v) is 11.5. The molecule has 5 aromatic rings. The zero-order valence-electron chi connectivity index (χ0n) is 16.9. The van der Waals surface area contributed by atoms with E-state index in [9.17, 15) is 0 Å². The van der Waals surface area contributed by atoms with Gasteiger partial charge in [0.2, 0.25) is 0 Å². The molecule has 0 aliphatic carbocycles. The number of furan rings is 1. The molecule has 0 saturated carbocycles. The summed E-state index contributed by atoms with van der Waals surface area (Å²) < 4.78 is 11.8. The minimum atomic E-state index is 0.933. The van der Waals surface area contributed by atoms with Crippen molar-refractivity contribution in [3.05, 3.63) is 76.1 Å². The number of unbranched alkanes of at least 4 members (excludes halogenated alkanes) is 2. The number of nitrogens with zero attached hydrogens (tertiary/aromatic N) is 3. The normalized spacial score (nSPS) is 11.7. The van der Waals surface area contributed by atoms with Gasteiger partial charge in [-0.25, -0.2) is 0 Å². The maximum atomic E-state index is 5.97. The molecule has 3 heterocycles. The van der Waals surface area contributed by atoms with Crippen LogP contribution in [0, 0.1) is 10.7 Å². The standard InChI is InChI=1S/C24H24N4O.Pt/c1-18-15-19(26-25-18)7-3-2-6-12-27-13-14-28(17-27)20-10-11-24-22(16-20)21-8-4-5-9-23(21)29-24;/h4-5,8-11,13-16H,2-3,6-7,12H2,1H3,(H,25,26);. The first-order chi connectivity index (χ1) is 14.7. The van der Waals surface area contributed by atoms with Crippen molar-refractivity contribution < 1.29 is 23.8 Å². The summed E-state index contributed by atoms with van der Waals surface area (Å²) >= 11 is 2.42. The Morgan fingerprint density at radius 3 is 2.70 bits per heavy atom. The topological polar surface area (TPSA) is 51.7 Å². The van der Waals surface area contributed by atoms with E-state index in [1.54, 1.807) is 0 Å². The molecule has 0 bridgehead atoms. The Hall–Kier alpha value is -2.65. The molecular formula is C24H24N4OPt. The van der Waals surface area contributed by atoms with Crippen LogP contribution in [0.4, 0.5) is 0 Å². The Balaban J connectivity index is 1.28. The quantitative estimate of drug-likeness (QED) is 0.252. The second kappa shape index (κ2) is 8.23. The van der Waals surface area contributed by atoms with E-state index >= 15 is 0 Å². The van der Waals surface area contributed by atoms with E-state index in [1.165, 1.54) is 28.8 Å². The Morgan fingerprint density at radius 1 is 0.967 bits per heavy atom. The molecular weight excluding hydrogens is 555 g/mol. The summed E-state index contributed by atoms with van der Waals surface area (Å²) in [5.41, 5.74) is 5.34. The fraction of sp³-hybridized carbons (Fsp3) is 0.250. The number of benzene rings is 2. The van der Waals surface area contributed by atoms with E-state index in [-0.39, 0.29) is 0 Å². The number of aromatic amines is 1. The number of para-hydroxylation sites is 1. The second-order valence-electron chi connectivity index (χ2n) is 7.73. The first-order valence-electron chi connectivity index (χ1n) is 10.3. The van der Waals surface area contributed by atoms with Crippen LogP contribution in [0.5, 0.6) is 0 Å². The Bertz CT molecular complexity index is 1370.